The van der Waals surface area contributed by atoms with Gasteiger partial charge in [0.1, 0.15) is 5.82 Å². The molecule has 9 nitrogen and oxygen atoms in total. The number of nitrogens with zero attached hydrogens (tertiary/aromatic N) is 5. The van der Waals surface area contributed by atoms with Crippen LogP contribution in [0, 0.1) is 6.57 Å². The Morgan fingerprint density at radius 1 is 1.24 bits per heavy atom. The van der Waals surface area contributed by atoms with E-state index < -0.39 is 17.4 Å². The van der Waals surface area contributed by atoms with Gasteiger partial charge in [-0.15, -0.1) is 0 Å². The number of benzene rings is 1. The van der Waals surface area contributed by atoms with Crippen LogP contribution in [0.4, 0.5) is 5.69 Å². The lowest BCUT2D eigenvalue weighted by atomic mass is 9.81. The van der Waals surface area contributed by atoms with E-state index in [0.717, 1.165) is 11.1 Å². The van der Waals surface area contributed by atoms with Crippen LogP contribution in [0.3, 0.4) is 0 Å². The van der Waals surface area contributed by atoms with Crippen LogP contribution < -0.4 is 10.3 Å². The molecule has 0 spiro atoms. The Bertz CT molecular complexity index is 1290. The van der Waals surface area contributed by atoms with Crippen molar-refractivity contribution in [1.29, 1.82) is 0 Å². The number of rotatable bonds is 8. The number of para-hydroxylation sites is 1. The van der Waals surface area contributed by atoms with E-state index in [9.17, 15) is 9.59 Å². The highest BCUT2D eigenvalue weighted by atomic mass is 16.5. The molecule has 0 saturated carbocycles. The summed E-state index contributed by atoms with van der Waals surface area (Å²) in [6.45, 7) is 15.2. The van der Waals surface area contributed by atoms with Gasteiger partial charge in [-0.2, -0.15) is 5.10 Å². The van der Waals surface area contributed by atoms with Crippen molar-refractivity contribution in [3.05, 3.63) is 81.1 Å². The predicted octanol–water partition coefficient (Wildman–Crippen LogP) is 4.23. The van der Waals surface area contributed by atoms with Gasteiger partial charge in [0.2, 0.25) is 5.75 Å². The highest BCUT2D eigenvalue weighted by Crippen LogP contribution is 2.42. The van der Waals surface area contributed by atoms with Crippen LogP contribution in [0.1, 0.15) is 73.0 Å². The van der Waals surface area contributed by atoms with Gasteiger partial charge in [0.25, 0.3) is 5.56 Å². The molecule has 0 radical (unpaired) electrons. The Morgan fingerprint density at radius 2 is 1.94 bits per heavy atom. The zero-order chi connectivity index (χ0) is 25.0. The fourth-order valence-corrected chi connectivity index (χ4v) is 4.22. The SMILES string of the molecule is [C-]#[N+]c1ccccc1C(c1cnn(C)c1)C(C)c1nc(C(=O)OCC)c(OC)c(=O)n1C(C)C. The largest absolute Gasteiger partial charge is 0.489 e. The summed E-state index contributed by atoms with van der Waals surface area (Å²) in [4.78, 5) is 34.5. The van der Waals surface area contributed by atoms with E-state index in [4.69, 9.17) is 16.0 Å². The molecule has 0 bridgehead atoms. The summed E-state index contributed by atoms with van der Waals surface area (Å²) in [7, 11) is 3.15. The zero-order valence-corrected chi connectivity index (χ0v) is 20.3. The molecule has 0 amide bonds. The van der Waals surface area contributed by atoms with Crippen LogP contribution in [-0.4, -0.2) is 39.0 Å². The van der Waals surface area contributed by atoms with E-state index >= 15 is 0 Å². The van der Waals surface area contributed by atoms with Crippen molar-refractivity contribution in [2.45, 2.75) is 45.6 Å². The molecule has 0 saturated heterocycles. The van der Waals surface area contributed by atoms with E-state index in [2.05, 4.69) is 14.9 Å². The molecule has 0 aliphatic rings. The second kappa shape index (κ2) is 10.3. The second-order valence-electron chi connectivity index (χ2n) is 8.23. The van der Waals surface area contributed by atoms with E-state index in [-0.39, 0.29) is 30.0 Å². The summed E-state index contributed by atoms with van der Waals surface area (Å²) < 4.78 is 13.7. The molecule has 178 valence electrons. The van der Waals surface area contributed by atoms with Crippen LogP contribution in [0.2, 0.25) is 0 Å². The summed E-state index contributed by atoms with van der Waals surface area (Å²) in [6, 6.07) is 7.10. The standard InChI is InChI=1S/C25H29N5O4/c1-8-34-25(32)21-22(33-7)24(31)30(15(2)3)23(28-21)16(4)20(17-13-27-29(6)14-17)18-11-9-10-12-19(18)26-5/h9-16,20H,8H2,1-4,6-7H3. The minimum absolute atomic E-state index is 0.137. The Hall–Kier alpha value is -3.93. The monoisotopic (exact) mass is 463 g/mol. The van der Waals surface area contributed by atoms with Gasteiger partial charge < -0.3 is 9.47 Å². The quantitative estimate of drug-likeness (QED) is 0.367. The minimum atomic E-state index is -0.722. The lowest BCUT2D eigenvalue weighted by Gasteiger charge is -2.28. The number of ether oxygens (including phenoxy) is 2. The molecule has 2 aromatic heterocycles. The summed E-state index contributed by atoms with van der Waals surface area (Å²) in [5.41, 5.74) is 1.54. The molecule has 3 rings (SSSR count). The van der Waals surface area contributed by atoms with Gasteiger partial charge >= 0.3 is 5.97 Å². The number of aromatic nitrogens is 4. The lowest BCUT2D eigenvalue weighted by molar-refractivity contribution is 0.0513. The maximum absolute atomic E-state index is 13.4. The highest BCUT2D eigenvalue weighted by molar-refractivity contribution is 5.90. The predicted molar refractivity (Wildman–Crippen MR) is 128 cm³/mol. The molecule has 3 aromatic rings. The molecular weight excluding hydrogens is 434 g/mol. The first-order valence-electron chi connectivity index (χ1n) is 11.1. The Balaban J connectivity index is 2.33. The number of methoxy groups -OCH3 is 1. The number of aryl methyl sites for hydroxylation is 1. The maximum atomic E-state index is 13.4. The normalized spacial score (nSPS) is 12.8. The topological polar surface area (TPSA) is 92.6 Å². The van der Waals surface area contributed by atoms with E-state index in [1.807, 2.05) is 52.2 Å². The summed E-state index contributed by atoms with van der Waals surface area (Å²) in [6.07, 6.45) is 3.63. The van der Waals surface area contributed by atoms with Crippen LogP contribution in [0.5, 0.6) is 5.75 Å². The molecule has 0 N–H and O–H groups in total. The fraction of sp³-hybridized carbons (Fsp3) is 0.400. The van der Waals surface area contributed by atoms with Crippen molar-refractivity contribution in [1.82, 2.24) is 19.3 Å². The number of hydrogen-bond donors (Lipinski definition) is 0. The Morgan fingerprint density at radius 3 is 2.50 bits per heavy atom. The summed E-state index contributed by atoms with van der Waals surface area (Å²) in [5, 5.41) is 4.32. The van der Waals surface area contributed by atoms with Crippen LogP contribution in [0.25, 0.3) is 4.85 Å². The van der Waals surface area contributed by atoms with Crippen molar-refractivity contribution in [2.75, 3.05) is 13.7 Å². The molecule has 0 aliphatic heterocycles. The zero-order valence-electron chi connectivity index (χ0n) is 20.3. The third kappa shape index (κ3) is 4.57. The molecule has 1 aromatic carbocycles. The molecule has 2 atom stereocenters. The van der Waals surface area contributed by atoms with Gasteiger partial charge in [-0.3, -0.25) is 14.0 Å². The molecule has 9 heteroatoms. The van der Waals surface area contributed by atoms with Crippen molar-refractivity contribution >= 4 is 11.7 Å². The smallest absolute Gasteiger partial charge is 0.361 e. The van der Waals surface area contributed by atoms with Crippen LogP contribution in [0.15, 0.2) is 41.5 Å². The number of carbonyl (C=O) groups is 1. The second-order valence-corrected chi connectivity index (χ2v) is 8.23. The molecule has 2 unspecified atom stereocenters. The van der Waals surface area contributed by atoms with E-state index in [0.29, 0.717) is 11.5 Å². The van der Waals surface area contributed by atoms with E-state index in [1.165, 1.54) is 11.7 Å². The maximum Gasteiger partial charge on any atom is 0.361 e. The van der Waals surface area contributed by atoms with Gasteiger partial charge in [0, 0.05) is 31.1 Å². The highest BCUT2D eigenvalue weighted by Gasteiger charge is 2.33. The third-order valence-corrected chi connectivity index (χ3v) is 5.67. The van der Waals surface area contributed by atoms with Crippen molar-refractivity contribution < 1.29 is 14.3 Å². The Kier molecular flexibility index (Phi) is 7.51. The van der Waals surface area contributed by atoms with Gasteiger partial charge in [-0.1, -0.05) is 31.2 Å². The van der Waals surface area contributed by atoms with Crippen LogP contribution >= 0.6 is 0 Å². The number of esters is 1. The Labute approximate surface area is 198 Å². The molecule has 0 fully saturated rings. The summed E-state index contributed by atoms with van der Waals surface area (Å²) in [5.74, 6) is -1.22. The van der Waals surface area contributed by atoms with Gasteiger partial charge in [0.05, 0.1) is 26.5 Å². The fourth-order valence-electron chi connectivity index (χ4n) is 4.22. The first-order chi connectivity index (χ1) is 16.2. The average molecular weight is 464 g/mol. The first kappa shape index (κ1) is 24.7. The van der Waals surface area contributed by atoms with Crippen molar-refractivity contribution in [3.8, 4) is 5.75 Å². The van der Waals surface area contributed by atoms with E-state index in [1.54, 1.807) is 23.9 Å². The number of carbonyl (C=O) groups excluding carboxylic acids is 1. The number of hydrogen-bond acceptors (Lipinski definition) is 6. The molecule has 0 aliphatic carbocycles. The van der Waals surface area contributed by atoms with Gasteiger partial charge in [-0.25, -0.2) is 14.6 Å². The first-order valence-corrected chi connectivity index (χ1v) is 11.1. The van der Waals surface area contributed by atoms with Gasteiger partial charge in [0.15, 0.2) is 11.4 Å². The third-order valence-electron chi connectivity index (χ3n) is 5.67. The average Bonchev–Trinajstić information content (AvgIpc) is 3.24. The molecular formula is C25H29N5O4. The van der Waals surface area contributed by atoms with Crippen molar-refractivity contribution in [3.63, 3.8) is 0 Å². The minimum Gasteiger partial charge on any atom is -0.489 e. The molecule has 2 heterocycles. The lowest BCUT2D eigenvalue weighted by Crippen LogP contribution is -2.33. The van der Waals surface area contributed by atoms with Crippen molar-refractivity contribution in [2.24, 2.45) is 7.05 Å². The van der Waals surface area contributed by atoms with Crippen LogP contribution in [-0.2, 0) is 11.8 Å². The summed E-state index contributed by atoms with van der Waals surface area (Å²) >= 11 is 0. The van der Waals surface area contributed by atoms with Gasteiger partial charge in [-0.05, 0) is 31.9 Å². The molecule has 34 heavy (non-hydrogen) atoms.